The number of nitrogens with one attached hydrogen (secondary N) is 4. The summed E-state index contributed by atoms with van der Waals surface area (Å²) < 4.78 is 0. The summed E-state index contributed by atoms with van der Waals surface area (Å²) in [6, 6.07) is 15.7. The highest BCUT2D eigenvalue weighted by molar-refractivity contribution is 5.89. The number of amides is 4. The smallest absolute Gasteiger partial charge is 0.319 e. The van der Waals surface area contributed by atoms with Gasteiger partial charge in [0.15, 0.2) is 0 Å². The van der Waals surface area contributed by atoms with E-state index in [-0.39, 0.29) is 12.1 Å². The minimum absolute atomic E-state index is 0.166. The Morgan fingerprint density at radius 3 is 1.44 bits per heavy atom. The first-order chi connectivity index (χ1) is 16.3. The quantitative estimate of drug-likeness (QED) is 0.351. The van der Waals surface area contributed by atoms with E-state index >= 15 is 0 Å². The van der Waals surface area contributed by atoms with Gasteiger partial charge in [0.25, 0.3) is 0 Å². The van der Waals surface area contributed by atoms with Crippen molar-refractivity contribution in [2.45, 2.75) is 65.2 Å². The molecule has 4 N–H and O–H groups in total. The van der Waals surface area contributed by atoms with Gasteiger partial charge < -0.3 is 21.3 Å². The van der Waals surface area contributed by atoms with Crippen LogP contribution in [0.5, 0.6) is 0 Å². The van der Waals surface area contributed by atoms with Gasteiger partial charge in [0.1, 0.15) is 0 Å². The van der Waals surface area contributed by atoms with Crippen LogP contribution in [0, 0.1) is 11.8 Å². The third-order valence-electron chi connectivity index (χ3n) is 6.66. The monoisotopic (exact) mass is 464 g/mol. The highest BCUT2D eigenvalue weighted by Crippen LogP contribution is 2.28. The number of anilines is 2. The van der Waals surface area contributed by atoms with Crippen molar-refractivity contribution in [1.29, 1.82) is 0 Å². The summed E-state index contributed by atoms with van der Waals surface area (Å²) in [6.07, 6.45) is 4.34. The molecule has 0 spiro atoms. The predicted octanol–water partition coefficient (Wildman–Crippen LogP) is 6.68. The summed E-state index contributed by atoms with van der Waals surface area (Å²) in [5.41, 5.74) is 4.12. The minimum Gasteiger partial charge on any atom is -0.338 e. The molecule has 0 aromatic heterocycles. The van der Waals surface area contributed by atoms with E-state index in [0.717, 1.165) is 37.1 Å². The maximum atomic E-state index is 12.3. The average Bonchev–Trinajstić information content (AvgIpc) is 2.82. The van der Waals surface area contributed by atoms with Crippen molar-refractivity contribution in [2.75, 3.05) is 23.7 Å². The lowest BCUT2D eigenvalue weighted by atomic mass is 9.81. The Kier molecular flexibility index (Phi) is 9.37. The van der Waals surface area contributed by atoms with Crippen LogP contribution in [-0.4, -0.2) is 25.2 Å². The van der Waals surface area contributed by atoms with Crippen molar-refractivity contribution in [2.24, 2.45) is 11.8 Å². The number of rotatable bonds is 8. The van der Waals surface area contributed by atoms with Crippen molar-refractivity contribution in [3.05, 3.63) is 59.7 Å². The molecule has 1 aliphatic rings. The van der Waals surface area contributed by atoms with Crippen LogP contribution in [0.25, 0.3) is 0 Å². The zero-order chi connectivity index (χ0) is 24.5. The van der Waals surface area contributed by atoms with Crippen LogP contribution in [0.1, 0.15) is 76.3 Å². The van der Waals surface area contributed by atoms with Crippen molar-refractivity contribution in [1.82, 2.24) is 10.6 Å². The van der Waals surface area contributed by atoms with Crippen LogP contribution < -0.4 is 21.3 Å². The number of carbonyl (C=O) groups is 2. The molecular formula is C28H40N4O2. The molecule has 4 amide bonds. The molecule has 1 saturated carbocycles. The average molecular weight is 465 g/mol. The summed E-state index contributed by atoms with van der Waals surface area (Å²) in [7, 11) is 0. The van der Waals surface area contributed by atoms with Crippen molar-refractivity contribution >= 4 is 23.4 Å². The number of hydrogen-bond acceptors (Lipinski definition) is 2. The molecule has 0 aliphatic heterocycles. The SMILES string of the molecule is CC(C)c1ccc(NC(=O)NCC2CCCC(CNC(=O)Nc3ccc(C(C)C)cc3)C2)cc1. The molecular weight excluding hydrogens is 424 g/mol. The molecule has 6 heteroatoms. The molecule has 3 rings (SSSR count). The number of urea groups is 2. The van der Waals surface area contributed by atoms with E-state index in [2.05, 4.69) is 73.2 Å². The van der Waals surface area contributed by atoms with E-state index in [0.29, 0.717) is 36.8 Å². The van der Waals surface area contributed by atoms with Crippen molar-refractivity contribution in [3.8, 4) is 0 Å². The van der Waals surface area contributed by atoms with Crippen molar-refractivity contribution in [3.63, 3.8) is 0 Å². The van der Waals surface area contributed by atoms with Gasteiger partial charge in [0, 0.05) is 24.5 Å². The van der Waals surface area contributed by atoms with E-state index in [4.69, 9.17) is 0 Å². The first-order valence-corrected chi connectivity index (χ1v) is 12.6. The Balaban J connectivity index is 1.36. The fourth-order valence-corrected chi connectivity index (χ4v) is 4.50. The van der Waals surface area contributed by atoms with E-state index in [1.807, 2.05) is 24.3 Å². The fraction of sp³-hybridized carbons (Fsp3) is 0.500. The van der Waals surface area contributed by atoms with Crippen LogP contribution in [0.15, 0.2) is 48.5 Å². The zero-order valence-electron chi connectivity index (χ0n) is 21.0. The van der Waals surface area contributed by atoms with Gasteiger partial charge in [-0.25, -0.2) is 9.59 Å². The third kappa shape index (κ3) is 8.08. The second kappa shape index (κ2) is 12.4. The second-order valence-electron chi connectivity index (χ2n) is 10.1. The zero-order valence-corrected chi connectivity index (χ0v) is 21.0. The maximum Gasteiger partial charge on any atom is 0.319 e. The molecule has 2 atom stereocenters. The van der Waals surface area contributed by atoms with Crippen molar-refractivity contribution < 1.29 is 9.59 Å². The lowest BCUT2D eigenvalue weighted by molar-refractivity contribution is 0.230. The van der Waals surface area contributed by atoms with Gasteiger partial charge in [0.05, 0.1) is 0 Å². The molecule has 0 radical (unpaired) electrons. The lowest BCUT2D eigenvalue weighted by Gasteiger charge is -2.29. The first-order valence-electron chi connectivity index (χ1n) is 12.6. The molecule has 34 heavy (non-hydrogen) atoms. The van der Waals surface area contributed by atoms with Crippen LogP contribution in [-0.2, 0) is 0 Å². The largest absolute Gasteiger partial charge is 0.338 e. The Morgan fingerprint density at radius 1 is 0.706 bits per heavy atom. The van der Waals surface area contributed by atoms with Gasteiger partial charge >= 0.3 is 12.1 Å². The number of carbonyl (C=O) groups excluding carboxylic acids is 2. The topological polar surface area (TPSA) is 82.3 Å². The number of hydrogen-bond donors (Lipinski definition) is 4. The Bertz CT molecular complexity index is 847. The van der Waals surface area contributed by atoms with E-state index in [1.54, 1.807) is 0 Å². The Labute approximate surface area is 204 Å². The van der Waals surface area contributed by atoms with Gasteiger partial charge in [0.2, 0.25) is 0 Å². The summed E-state index contributed by atoms with van der Waals surface area (Å²) in [5.74, 6) is 1.81. The molecule has 1 fully saturated rings. The molecule has 0 saturated heterocycles. The highest BCUT2D eigenvalue weighted by Gasteiger charge is 2.23. The normalized spacial score (nSPS) is 17.9. The first kappa shape index (κ1) is 25.6. The van der Waals surface area contributed by atoms with E-state index in [1.165, 1.54) is 11.1 Å². The molecule has 2 aromatic carbocycles. The van der Waals surface area contributed by atoms with Gasteiger partial charge in [-0.3, -0.25) is 0 Å². The summed E-state index contributed by atoms with van der Waals surface area (Å²) in [4.78, 5) is 24.6. The highest BCUT2D eigenvalue weighted by atomic mass is 16.2. The molecule has 0 bridgehead atoms. The summed E-state index contributed by atoms with van der Waals surface area (Å²) in [5, 5.41) is 11.9. The lowest BCUT2D eigenvalue weighted by Crippen LogP contribution is -2.38. The molecule has 184 valence electrons. The molecule has 1 aliphatic carbocycles. The summed E-state index contributed by atoms with van der Waals surface area (Å²) >= 11 is 0. The number of benzene rings is 2. The van der Waals surface area contributed by atoms with Gasteiger partial charge in [-0.15, -0.1) is 0 Å². The van der Waals surface area contributed by atoms with Crippen LogP contribution in [0.4, 0.5) is 21.0 Å². The Morgan fingerprint density at radius 2 is 1.09 bits per heavy atom. The summed E-state index contributed by atoms with van der Waals surface area (Å²) in [6.45, 7) is 9.92. The van der Waals surface area contributed by atoms with Gasteiger partial charge in [-0.2, -0.15) is 0 Å². The van der Waals surface area contributed by atoms with Gasteiger partial charge in [-0.1, -0.05) is 58.4 Å². The predicted molar refractivity (Wildman–Crippen MR) is 141 cm³/mol. The van der Waals surface area contributed by atoms with E-state index in [9.17, 15) is 9.59 Å². The maximum absolute atomic E-state index is 12.3. The molecule has 6 nitrogen and oxygen atoms in total. The molecule has 0 heterocycles. The second-order valence-corrected chi connectivity index (χ2v) is 10.1. The van der Waals surface area contributed by atoms with Crippen LogP contribution >= 0.6 is 0 Å². The van der Waals surface area contributed by atoms with Gasteiger partial charge in [-0.05, 0) is 78.3 Å². The third-order valence-corrected chi connectivity index (χ3v) is 6.66. The fourth-order valence-electron chi connectivity index (χ4n) is 4.50. The minimum atomic E-state index is -0.166. The standard InChI is InChI=1S/C28H40N4O2/c1-19(2)23-8-12-25(13-9-23)31-27(33)29-17-21-6-5-7-22(16-21)18-30-28(34)32-26-14-10-24(11-15-26)20(3)4/h8-15,19-22H,5-7,16-18H2,1-4H3,(H2,29,31,33)(H2,30,32,34). The Hall–Kier alpha value is -3.02. The van der Waals surface area contributed by atoms with Crippen LogP contribution in [0.2, 0.25) is 0 Å². The molecule has 2 aromatic rings. The van der Waals surface area contributed by atoms with Crippen LogP contribution in [0.3, 0.4) is 0 Å². The van der Waals surface area contributed by atoms with E-state index < -0.39 is 0 Å². The molecule has 2 unspecified atom stereocenters.